The van der Waals surface area contributed by atoms with Crippen LogP contribution in [0, 0.1) is 0 Å². The van der Waals surface area contributed by atoms with Crippen LogP contribution in [0.25, 0.3) is 0 Å². The molecule has 7 heteroatoms. The molecule has 33 heavy (non-hydrogen) atoms. The number of ether oxygens (including phenoxy) is 1. The maximum absolute atomic E-state index is 13.0. The number of amides is 3. The number of carbonyl (C=O) groups excluding carboxylic acids is 2. The number of urea groups is 1. The van der Waals surface area contributed by atoms with Crippen molar-refractivity contribution >= 4 is 29.2 Å². The van der Waals surface area contributed by atoms with E-state index in [1.165, 1.54) is 5.56 Å². The minimum absolute atomic E-state index is 0.147. The van der Waals surface area contributed by atoms with Gasteiger partial charge >= 0.3 is 6.03 Å². The number of halogens is 1. The third kappa shape index (κ3) is 4.14. The number of nitrogens with zero attached hydrogens (tertiary/aromatic N) is 1. The maximum atomic E-state index is 13.0. The average Bonchev–Trinajstić information content (AvgIpc) is 2.80. The normalized spacial score (nSPS) is 21.0. The van der Waals surface area contributed by atoms with E-state index in [1.807, 2.05) is 49.4 Å². The fraction of sp³-hybridized carbons (Fsp3) is 0.231. The molecular weight excluding hydrogens is 438 g/mol. The second-order valence-corrected chi connectivity index (χ2v) is 8.98. The topological polar surface area (TPSA) is 70.7 Å². The van der Waals surface area contributed by atoms with E-state index in [0.29, 0.717) is 35.0 Å². The van der Waals surface area contributed by atoms with Crippen LogP contribution in [-0.2, 0) is 6.42 Å². The monoisotopic (exact) mass is 461 g/mol. The fourth-order valence-electron chi connectivity index (χ4n) is 4.57. The molecule has 3 aromatic rings. The first-order chi connectivity index (χ1) is 15.9. The number of benzene rings is 3. The quantitative estimate of drug-likeness (QED) is 0.556. The first kappa shape index (κ1) is 21.3. The highest BCUT2D eigenvalue weighted by molar-refractivity contribution is 6.30. The number of hydrogen-bond acceptors (Lipinski definition) is 3. The van der Waals surface area contributed by atoms with Crippen LogP contribution >= 0.6 is 11.6 Å². The van der Waals surface area contributed by atoms with Crippen LogP contribution in [0.15, 0.2) is 72.8 Å². The first-order valence-electron chi connectivity index (χ1n) is 10.9. The third-order valence-corrected chi connectivity index (χ3v) is 6.40. The van der Waals surface area contributed by atoms with Gasteiger partial charge in [-0.1, -0.05) is 41.9 Å². The Balaban J connectivity index is 1.30. The van der Waals surface area contributed by atoms with E-state index in [2.05, 4.69) is 10.6 Å². The van der Waals surface area contributed by atoms with Gasteiger partial charge in [-0.05, 0) is 61.4 Å². The Morgan fingerprint density at radius 3 is 2.67 bits per heavy atom. The van der Waals surface area contributed by atoms with Crippen LogP contribution in [-0.4, -0.2) is 24.2 Å². The van der Waals surface area contributed by atoms with E-state index in [0.717, 1.165) is 12.0 Å². The molecule has 1 fully saturated rings. The molecule has 0 unspecified atom stereocenters. The van der Waals surface area contributed by atoms with Crippen molar-refractivity contribution in [1.29, 1.82) is 0 Å². The van der Waals surface area contributed by atoms with Gasteiger partial charge in [0, 0.05) is 34.8 Å². The highest BCUT2D eigenvalue weighted by Gasteiger charge is 2.49. The van der Waals surface area contributed by atoms with Gasteiger partial charge in [-0.3, -0.25) is 9.69 Å². The Kier molecular flexibility index (Phi) is 5.46. The molecule has 5 rings (SSSR count). The Hall–Kier alpha value is -3.51. The number of rotatable bonds is 5. The predicted molar refractivity (Wildman–Crippen MR) is 128 cm³/mol. The van der Waals surface area contributed by atoms with Crippen LogP contribution in [0.4, 0.5) is 10.5 Å². The molecule has 2 heterocycles. The Labute approximate surface area is 197 Å². The molecule has 2 N–H and O–H groups in total. The van der Waals surface area contributed by atoms with E-state index in [9.17, 15) is 9.59 Å². The minimum Gasteiger partial charge on any atom is -0.467 e. The summed E-state index contributed by atoms with van der Waals surface area (Å²) >= 11 is 6.14. The molecule has 2 atom stereocenters. The summed E-state index contributed by atoms with van der Waals surface area (Å²) in [6.07, 6.45) is 1.34. The van der Waals surface area contributed by atoms with E-state index in [1.54, 1.807) is 35.2 Å². The number of hydrogen-bond donors (Lipinski definition) is 2. The van der Waals surface area contributed by atoms with Crippen molar-refractivity contribution in [2.75, 3.05) is 11.4 Å². The fourth-order valence-corrected chi connectivity index (χ4v) is 4.75. The van der Waals surface area contributed by atoms with Crippen LogP contribution < -0.4 is 20.3 Å². The molecule has 3 amide bonds. The number of carbonyl (C=O) groups is 2. The van der Waals surface area contributed by atoms with Crippen molar-refractivity contribution in [3.8, 4) is 5.75 Å². The summed E-state index contributed by atoms with van der Waals surface area (Å²) in [5.74, 6) is 0.559. The number of fused-ring (bicyclic) bond motifs is 4. The van der Waals surface area contributed by atoms with Crippen molar-refractivity contribution in [3.05, 3.63) is 94.5 Å². The molecule has 1 saturated heterocycles. The van der Waals surface area contributed by atoms with Gasteiger partial charge in [-0.2, -0.15) is 0 Å². The summed E-state index contributed by atoms with van der Waals surface area (Å²) in [7, 11) is 0. The first-order valence-corrected chi connectivity index (χ1v) is 11.3. The molecule has 0 aromatic heterocycles. The maximum Gasteiger partial charge on any atom is 0.325 e. The average molecular weight is 462 g/mol. The van der Waals surface area contributed by atoms with Crippen LogP contribution in [0.3, 0.4) is 0 Å². The van der Waals surface area contributed by atoms with Crippen LogP contribution in [0.2, 0.25) is 5.02 Å². The third-order valence-electron chi connectivity index (χ3n) is 6.16. The molecule has 6 nitrogen and oxygen atoms in total. The molecule has 3 aromatic carbocycles. The zero-order valence-corrected chi connectivity index (χ0v) is 18.9. The van der Waals surface area contributed by atoms with E-state index in [4.69, 9.17) is 16.3 Å². The summed E-state index contributed by atoms with van der Waals surface area (Å²) in [6.45, 7) is 2.45. The van der Waals surface area contributed by atoms with E-state index in [-0.39, 0.29) is 18.0 Å². The SMILES string of the molecule is C[C@@]12C[C@@H](NC(=O)N1c1ccc(C(=O)NCCc3ccccc3)cc1)c1cc(Cl)ccc1O2. The van der Waals surface area contributed by atoms with Crippen molar-refractivity contribution in [2.24, 2.45) is 0 Å². The van der Waals surface area contributed by atoms with Crippen LogP contribution in [0.1, 0.15) is 40.9 Å². The standard InChI is InChI=1S/C26H24ClN3O3/c1-26-16-22(21-15-19(27)9-12-23(21)33-26)29-25(32)30(26)20-10-7-18(8-11-20)24(31)28-14-13-17-5-3-2-4-6-17/h2-12,15,22H,13-14,16H2,1H3,(H,28,31)(H,29,32)/t22-,26-/m1/s1. The van der Waals surface area contributed by atoms with Gasteiger partial charge in [-0.25, -0.2) is 4.79 Å². The molecule has 2 aliphatic rings. The second kappa shape index (κ2) is 8.45. The molecule has 0 saturated carbocycles. The van der Waals surface area contributed by atoms with Crippen molar-refractivity contribution in [1.82, 2.24) is 10.6 Å². The summed E-state index contributed by atoms with van der Waals surface area (Å²) in [6, 6.07) is 22.1. The van der Waals surface area contributed by atoms with Gasteiger partial charge in [-0.15, -0.1) is 0 Å². The van der Waals surface area contributed by atoms with E-state index < -0.39 is 5.72 Å². The lowest BCUT2D eigenvalue weighted by molar-refractivity contribution is 0.0379. The van der Waals surface area contributed by atoms with Gasteiger partial charge in [0.1, 0.15) is 5.75 Å². The molecular formula is C26H24ClN3O3. The zero-order chi connectivity index (χ0) is 23.0. The van der Waals surface area contributed by atoms with Gasteiger partial charge in [0.05, 0.1) is 6.04 Å². The molecule has 168 valence electrons. The molecule has 0 spiro atoms. The van der Waals surface area contributed by atoms with E-state index >= 15 is 0 Å². The number of anilines is 1. The van der Waals surface area contributed by atoms with Crippen molar-refractivity contribution in [3.63, 3.8) is 0 Å². The summed E-state index contributed by atoms with van der Waals surface area (Å²) < 4.78 is 6.28. The molecule has 0 radical (unpaired) electrons. The lowest BCUT2D eigenvalue weighted by Crippen LogP contribution is -2.65. The largest absolute Gasteiger partial charge is 0.467 e. The molecule has 0 aliphatic carbocycles. The zero-order valence-electron chi connectivity index (χ0n) is 18.2. The van der Waals surface area contributed by atoms with Gasteiger partial charge in [0.2, 0.25) is 0 Å². The second-order valence-electron chi connectivity index (χ2n) is 8.54. The van der Waals surface area contributed by atoms with Crippen molar-refractivity contribution < 1.29 is 14.3 Å². The summed E-state index contributed by atoms with van der Waals surface area (Å²) in [5, 5.41) is 6.61. The molecule has 2 bridgehead atoms. The summed E-state index contributed by atoms with van der Waals surface area (Å²) in [4.78, 5) is 27.2. The lowest BCUT2D eigenvalue weighted by atomic mass is 9.90. The Morgan fingerprint density at radius 2 is 1.91 bits per heavy atom. The highest BCUT2D eigenvalue weighted by atomic mass is 35.5. The molecule has 2 aliphatic heterocycles. The lowest BCUT2D eigenvalue weighted by Gasteiger charge is -2.50. The minimum atomic E-state index is -0.854. The van der Waals surface area contributed by atoms with Gasteiger partial charge in [0.25, 0.3) is 5.91 Å². The highest BCUT2D eigenvalue weighted by Crippen LogP contribution is 2.46. The van der Waals surface area contributed by atoms with Gasteiger partial charge < -0.3 is 15.4 Å². The predicted octanol–water partition coefficient (Wildman–Crippen LogP) is 5.08. The van der Waals surface area contributed by atoms with Crippen LogP contribution in [0.5, 0.6) is 5.75 Å². The van der Waals surface area contributed by atoms with Crippen molar-refractivity contribution in [2.45, 2.75) is 31.5 Å². The summed E-state index contributed by atoms with van der Waals surface area (Å²) in [5.41, 5.74) is 2.40. The Morgan fingerprint density at radius 1 is 1.15 bits per heavy atom. The van der Waals surface area contributed by atoms with Gasteiger partial charge in [0.15, 0.2) is 5.72 Å². The smallest absolute Gasteiger partial charge is 0.325 e. The Bertz CT molecular complexity index is 1200. The number of nitrogens with one attached hydrogen (secondary N) is 2.